The Bertz CT molecular complexity index is 1060. The SMILES string of the molecule is C[C@H](NC(=O)CNC(=O)[C@H](Cc1ccccc1)NC(=O)CNC(=O)CCc1ccc(O)cc1)C(=O)O. The monoisotopic (exact) mass is 498 g/mol. The highest BCUT2D eigenvalue weighted by Crippen LogP contribution is 2.11. The van der Waals surface area contributed by atoms with Gasteiger partial charge in [-0.2, -0.15) is 0 Å². The molecule has 0 aliphatic heterocycles. The molecule has 0 unspecified atom stereocenters. The second-order valence-electron chi connectivity index (χ2n) is 8.10. The van der Waals surface area contributed by atoms with Gasteiger partial charge < -0.3 is 31.5 Å². The van der Waals surface area contributed by atoms with Gasteiger partial charge in [0.25, 0.3) is 0 Å². The molecular weight excluding hydrogens is 468 g/mol. The number of rotatable bonds is 13. The molecule has 0 radical (unpaired) electrons. The predicted molar refractivity (Wildman–Crippen MR) is 130 cm³/mol. The minimum absolute atomic E-state index is 0.129. The van der Waals surface area contributed by atoms with Crippen LogP contribution in [0.1, 0.15) is 24.5 Å². The summed E-state index contributed by atoms with van der Waals surface area (Å²) in [6.45, 7) is 0.481. The van der Waals surface area contributed by atoms with Gasteiger partial charge in [0, 0.05) is 12.8 Å². The largest absolute Gasteiger partial charge is 0.508 e. The highest BCUT2D eigenvalue weighted by Gasteiger charge is 2.23. The quantitative estimate of drug-likeness (QED) is 0.223. The topological polar surface area (TPSA) is 174 Å². The molecule has 0 aromatic heterocycles. The summed E-state index contributed by atoms with van der Waals surface area (Å²) in [6, 6.07) is 13.2. The van der Waals surface area contributed by atoms with Crippen molar-refractivity contribution in [3.63, 3.8) is 0 Å². The minimum Gasteiger partial charge on any atom is -0.508 e. The molecule has 2 aromatic carbocycles. The second kappa shape index (κ2) is 14.1. The van der Waals surface area contributed by atoms with E-state index in [1.807, 2.05) is 0 Å². The molecule has 0 aliphatic rings. The van der Waals surface area contributed by atoms with Crippen LogP contribution in [0.25, 0.3) is 0 Å². The summed E-state index contributed by atoms with van der Waals surface area (Å²) in [6.07, 6.45) is 0.700. The van der Waals surface area contributed by atoms with Gasteiger partial charge in [-0.25, -0.2) is 0 Å². The maximum Gasteiger partial charge on any atom is 0.325 e. The third-order valence-electron chi connectivity index (χ3n) is 5.13. The van der Waals surface area contributed by atoms with Gasteiger partial charge >= 0.3 is 5.97 Å². The first-order valence-corrected chi connectivity index (χ1v) is 11.3. The third kappa shape index (κ3) is 10.2. The van der Waals surface area contributed by atoms with Gasteiger partial charge in [-0.05, 0) is 36.6 Å². The van der Waals surface area contributed by atoms with Crippen LogP contribution < -0.4 is 21.3 Å². The van der Waals surface area contributed by atoms with Crippen LogP contribution in [0.3, 0.4) is 0 Å². The first-order chi connectivity index (χ1) is 17.1. The minimum atomic E-state index is -1.21. The summed E-state index contributed by atoms with van der Waals surface area (Å²) < 4.78 is 0. The number of phenols is 1. The van der Waals surface area contributed by atoms with Crippen LogP contribution in [-0.4, -0.2) is 65.0 Å². The summed E-state index contributed by atoms with van der Waals surface area (Å²) >= 11 is 0. The van der Waals surface area contributed by atoms with Gasteiger partial charge in [0.1, 0.15) is 17.8 Å². The van der Waals surface area contributed by atoms with E-state index in [-0.39, 0.29) is 31.0 Å². The first kappa shape index (κ1) is 27.8. The van der Waals surface area contributed by atoms with Crippen molar-refractivity contribution in [3.8, 4) is 5.75 Å². The Morgan fingerprint density at radius 3 is 2.03 bits per heavy atom. The van der Waals surface area contributed by atoms with E-state index in [2.05, 4.69) is 21.3 Å². The molecule has 11 heteroatoms. The standard InChI is InChI=1S/C25H30N4O7/c1-16(25(35)36)28-22(32)15-27-24(34)20(13-18-5-3-2-4-6-18)29-23(33)14-26-21(31)12-9-17-7-10-19(30)11-8-17/h2-8,10-11,16,20,30H,9,12-15H2,1H3,(H,26,31)(H,27,34)(H,28,32)(H,29,33)(H,35,36)/t16-,20-/m0/s1. The number of carbonyl (C=O) groups is 5. The summed E-state index contributed by atoms with van der Waals surface area (Å²) in [5.41, 5.74) is 1.62. The average molecular weight is 499 g/mol. The molecule has 0 bridgehead atoms. The van der Waals surface area contributed by atoms with E-state index in [1.54, 1.807) is 42.5 Å². The zero-order valence-corrected chi connectivity index (χ0v) is 19.8. The van der Waals surface area contributed by atoms with Crippen LogP contribution in [0.2, 0.25) is 0 Å². The van der Waals surface area contributed by atoms with E-state index in [0.29, 0.717) is 6.42 Å². The third-order valence-corrected chi connectivity index (χ3v) is 5.13. The Kier molecular flexibility index (Phi) is 10.9. The maximum absolute atomic E-state index is 12.7. The van der Waals surface area contributed by atoms with Crippen LogP contribution in [0.4, 0.5) is 0 Å². The Morgan fingerprint density at radius 1 is 0.778 bits per heavy atom. The molecule has 0 aliphatic carbocycles. The van der Waals surface area contributed by atoms with Gasteiger partial charge in [-0.1, -0.05) is 42.5 Å². The fraction of sp³-hybridized carbons (Fsp3) is 0.320. The van der Waals surface area contributed by atoms with Crippen molar-refractivity contribution in [1.82, 2.24) is 21.3 Å². The van der Waals surface area contributed by atoms with Crippen molar-refractivity contribution in [3.05, 3.63) is 65.7 Å². The summed E-state index contributed by atoms with van der Waals surface area (Å²) in [7, 11) is 0. The van der Waals surface area contributed by atoms with Crippen molar-refractivity contribution in [1.29, 1.82) is 0 Å². The fourth-order valence-corrected chi connectivity index (χ4v) is 3.14. The summed E-state index contributed by atoms with van der Waals surface area (Å²) in [5, 5.41) is 27.9. The van der Waals surface area contributed by atoms with Crippen LogP contribution in [0.5, 0.6) is 5.75 Å². The number of carbonyl (C=O) groups excluding carboxylic acids is 4. The molecule has 192 valence electrons. The maximum atomic E-state index is 12.7. The number of aryl methyl sites for hydroxylation is 1. The van der Waals surface area contributed by atoms with Crippen molar-refractivity contribution in [2.45, 2.75) is 38.3 Å². The Morgan fingerprint density at radius 2 is 1.39 bits per heavy atom. The molecule has 2 aromatic rings. The number of aliphatic carboxylic acids is 1. The van der Waals surface area contributed by atoms with E-state index in [9.17, 15) is 29.1 Å². The molecule has 2 atom stereocenters. The van der Waals surface area contributed by atoms with Crippen LogP contribution in [0.15, 0.2) is 54.6 Å². The van der Waals surface area contributed by atoms with Crippen molar-refractivity contribution >= 4 is 29.6 Å². The second-order valence-corrected chi connectivity index (χ2v) is 8.10. The zero-order valence-electron chi connectivity index (χ0n) is 19.8. The summed E-state index contributed by atoms with van der Waals surface area (Å²) in [4.78, 5) is 60.0. The van der Waals surface area contributed by atoms with Gasteiger partial charge in [0.2, 0.25) is 23.6 Å². The van der Waals surface area contributed by atoms with Crippen LogP contribution in [0, 0.1) is 0 Å². The highest BCUT2D eigenvalue weighted by molar-refractivity contribution is 5.92. The lowest BCUT2D eigenvalue weighted by Crippen LogP contribution is -2.52. The number of benzene rings is 2. The lowest BCUT2D eigenvalue weighted by atomic mass is 10.1. The molecule has 0 spiro atoms. The lowest BCUT2D eigenvalue weighted by molar-refractivity contribution is -0.141. The van der Waals surface area contributed by atoms with Gasteiger partial charge in [0.05, 0.1) is 13.1 Å². The number of carboxylic acids is 1. The smallest absolute Gasteiger partial charge is 0.325 e. The fourth-order valence-electron chi connectivity index (χ4n) is 3.14. The molecule has 4 amide bonds. The Balaban J connectivity index is 1.88. The van der Waals surface area contributed by atoms with Crippen molar-refractivity contribution in [2.75, 3.05) is 13.1 Å². The van der Waals surface area contributed by atoms with E-state index in [4.69, 9.17) is 5.11 Å². The Labute approximate surface area is 208 Å². The van der Waals surface area contributed by atoms with Crippen LogP contribution in [-0.2, 0) is 36.8 Å². The van der Waals surface area contributed by atoms with E-state index >= 15 is 0 Å². The number of amides is 4. The van der Waals surface area contributed by atoms with Crippen molar-refractivity contribution < 1.29 is 34.2 Å². The number of hydrogen-bond acceptors (Lipinski definition) is 6. The van der Waals surface area contributed by atoms with E-state index in [0.717, 1.165) is 11.1 Å². The number of phenolic OH excluding ortho intramolecular Hbond substituents is 1. The number of aromatic hydroxyl groups is 1. The van der Waals surface area contributed by atoms with Crippen molar-refractivity contribution in [2.24, 2.45) is 0 Å². The highest BCUT2D eigenvalue weighted by atomic mass is 16.4. The first-order valence-electron chi connectivity index (χ1n) is 11.3. The molecule has 2 rings (SSSR count). The van der Waals surface area contributed by atoms with E-state index in [1.165, 1.54) is 19.1 Å². The van der Waals surface area contributed by atoms with E-state index < -0.39 is 42.3 Å². The van der Waals surface area contributed by atoms with Gasteiger partial charge in [-0.15, -0.1) is 0 Å². The molecule has 6 N–H and O–H groups in total. The molecule has 0 saturated heterocycles. The molecule has 36 heavy (non-hydrogen) atoms. The summed E-state index contributed by atoms with van der Waals surface area (Å²) in [5.74, 6) is -3.36. The average Bonchev–Trinajstić information content (AvgIpc) is 2.85. The molecule has 11 nitrogen and oxygen atoms in total. The predicted octanol–water partition coefficient (Wildman–Crippen LogP) is -0.126. The molecule has 0 heterocycles. The van der Waals surface area contributed by atoms with Gasteiger partial charge in [-0.3, -0.25) is 24.0 Å². The number of carboxylic acid groups (broad SMARTS) is 1. The molecule has 0 fully saturated rings. The Hall–Kier alpha value is -4.41. The molecular formula is C25H30N4O7. The normalized spacial score (nSPS) is 12.0. The lowest BCUT2D eigenvalue weighted by Gasteiger charge is -2.19. The van der Waals surface area contributed by atoms with Crippen LogP contribution >= 0.6 is 0 Å². The van der Waals surface area contributed by atoms with Gasteiger partial charge in [0.15, 0.2) is 0 Å². The number of hydrogen-bond donors (Lipinski definition) is 6. The zero-order chi connectivity index (χ0) is 26.5. The number of nitrogens with one attached hydrogen (secondary N) is 4. The molecule has 0 saturated carbocycles.